The molecule has 0 aliphatic rings. The Kier molecular flexibility index (Phi) is 4.89. The molecule has 0 spiro atoms. The van der Waals surface area contributed by atoms with Crippen LogP contribution in [0, 0.1) is 0 Å². The molecule has 4 heteroatoms. The second-order valence-electron chi connectivity index (χ2n) is 9.83. The summed E-state index contributed by atoms with van der Waals surface area (Å²) in [6.07, 6.45) is 10.8. The van der Waals surface area contributed by atoms with Gasteiger partial charge in [0.25, 0.3) is 0 Å². The predicted octanol–water partition coefficient (Wildman–Crippen LogP) is 6.35. The fourth-order valence-electron chi connectivity index (χ4n) is 4.13. The summed E-state index contributed by atoms with van der Waals surface area (Å²) in [5.41, 5.74) is 6.99. The van der Waals surface area contributed by atoms with Crippen molar-refractivity contribution in [1.29, 1.82) is 0 Å². The first kappa shape index (κ1) is 20.1. The first-order chi connectivity index (χ1) is 14.2. The van der Waals surface area contributed by atoms with Gasteiger partial charge in [0.05, 0.1) is 0 Å². The van der Waals surface area contributed by atoms with Crippen molar-refractivity contribution in [3.63, 3.8) is 0 Å². The van der Waals surface area contributed by atoms with Crippen LogP contribution in [0.3, 0.4) is 0 Å². The standard InChI is InChI=1S/C26H28N4/c1-25(2,3)21-9-7-20-19(23(21)17-11-27-15-28-12-17)8-10-22(26(4,5)6)24(20)18-13-29-16-30-14-18/h7-16H,1-6H3. The number of hydrogen-bond donors (Lipinski definition) is 0. The number of rotatable bonds is 2. The molecule has 2 heterocycles. The van der Waals surface area contributed by atoms with Crippen LogP contribution in [0.2, 0.25) is 0 Å². The fourth-order valence-corrected chi connectivity index (χ4v) is 4.13. The van der Waals surface area contributed by atoms with Gasteiger partial charge >= 0.3 is 0 Å². The lowest BCUT2D eigenvalue weighted by atomic mass is 9.76. The maximum Gasteiger partial charge on any atom is 0.115 e. The van der Waals surface area contributed by atoms with Crippen molar-refractivity contribution in [3.05, 3.63) is 72.8 Å². The fraction of sp³-hybridized carbons (Fsp3) is 0.308. The van der Waals surface area contributed by atoms with Crippen molar-refractivity contribution in [2.75, 3.05) is 0 Å². The zero-order chi connectivity index (χ0) is 21.5. The van der Waals surface area contributed by atoms with E-state index >= 15 is 0 Å². The van der Waals surface area contributed by atoms with Gasteiger partial charge in [-0.15, -0.1) is 0 Å². The highest BCUT2D eigenvalue weighted by Gasteiger charge is 2.25. The van der Waals surface area contributed by atoms with Crippen LogP contribution >= 0.6 is 0 Å². The van der Waals surface area contributed by atoms with Crippen molar-refractivity contribution < 1.29 is 0 Å². The predicted molar refractivity (Wildman–Crippen MR) is 123 cm³/mol. The zero-order valence-electron chi connectivity index (χ0n) is 18.6. The normalized spacial score (nSPS) is 12.3. The number of hydrogen-bond acceptors (Lipinski definition) is 4. The maximum absolute atomic E-state index is 4.30. The smallest absolute Gasteiger partial charge is 0.115 e. The molecule has 0 aliphatic heterocycles. The quantitative estimate of drug-likeness (QED) is 0.396. The topological polar surface area (TPSA) is 51.6 Å². The Bertz CT molecular complexity index is 1090. The van der Waals surface area contributed by atoms with Crippen LogP contribution < -0.4 is 0 Å². The van der Waals surface area contributed by atoms with Crippen LogP contribution in [0.1, 0.15) is 52.7 Å². The van der Waals surface area contributed by atoms with Gasteiger partial charge in [0, 0.05) is 35.9 Å². The highest BCUT2D eigenvalue weighted by Crippen LogP contribution is 2.44. The maximum atomic E-state index is 4.30. The van der Waals surface area contributed by atoms with Gasteiger partial charge in [0.15, 0.2) is 0 Å². The molecule has 0 unspecified atom stereocenters. The van der Waals surface area contributed by atoms with Gasteiger partial charge in [-0.05, 0) is 43.9 Å². The van der Waals surface area contributed by atoms with Gasteiger partial charge in [-0.2, -0.15) is 0 Å². The first-order valence-electron chi connectivity index (χ1n) is 10.3. The number of fused-ring (bicyclic) bond motifs is 1. The van der Waals surface area contributed by atoms with Crippen molar-refractivity contribution in [2.24, 2.45) is 0 Å². The molecule has 2 aromatic heterocycles. The Balaban J connectivity index is 2.17. The Hall–Kier alpha value is -3.14. The molecule has 0 atom stereocenters. The summed E-state index contributed by atoms with van der Waals surface area (Å²) < 4.78 is 0. The molecule has 4 nitrogen and oxygen atoms in total. The third-order valence-electron chi connectivity index (χ3n) is 5.52. The summed E-state index contributed by atoms with van der Waals surface area (Å²) in [5, 5.41) is 2.40. The molecule has 0 saturated heterocycles. The molecule has 152 valence electrons. The van der Waals surface area contributed by atoms with E-state index in [0.717, 1.165) is 11.1 Å². The third-order valence-corrected chi connectivity index (χ3v) is 5.52. The van der Waals surface area contributed by atoms with Gasteiger partial charge in [-0.1, -0.05) is 65.8 Å². The summed E-state index contributed by atoms with van der Waals surface area (Å²) in [7, 11) is 0. The number of benzene rings is 2. The van der Waals surface area contributed by atoms with Crippen molar-refractivity contribution in [1.82, 2.24) is 19.9 Å². The molecular weight excluding hydrogens is 368 g/mol. The van der Waals surface area contributed by atoms with Gasteiger partial charge in [0.1, 0.15) is 12.7 Å². The number of aromatic nitrogens is 4. The van der Waals surface area contributed by atoms with E-state index in [1.807, 2.05) is 24.8 Å². The molecule has 4 aromatic rings. The molecule has 0 N–H and O–H groups in total. The SMILES string of the molecule is CC(C)(C)c1ccc2c(-c3cncnc3)c(C(C)(C)C)ccc2c1-c1cncnc1. The minimum Gasteiger partial charge on any atom is -0.244 e. The van der Waals surface area contributed by atoms with Gasteiger partial charge in [0.2, 0.25) is 0 Å². The van der Waals surface area contributed by atoms with Crippen LogP contribution in [0.4, 0.5) is 0 Å². The molecule has 0 saturated carbocycles. The summed E-state index contributed by atoms with van der Waals surface area (Å²) in [4.78, 5) is 17.2. The number of nitrogens with zero attached hydrogens (tertiary/aromatic N) is 4. The van der Waals surface area contributed by atoms with Crippen molar-refractivity contribution in [2.45, 2.75) is 52.4 Å². The Labute approximate surface area is 178 Å². The summed E-state index contributed by atoms with van der Waals surface area (Å²) in [5.74, 6) is 0. The van der Waals surface area contributed by atoms with E-state index in [0.29, 0.717) is 0 Å². The lowest BCUT2D eigenvalue weighted by Gasteiger charge is -2.28. The Morgan fingerprint density at radius 2 is 0.833 bits per heavy atom. The van der Waals surface area contributed by atoms with Crippen LogP contribution in [-0.2, 0) is 10.8 Å². The Morgan fingerprint density at radius 1 is 0.500 bits per heavy atom. The molecule has 4 rings (SSSR count). The minimum atomic E-state index is -0.0158. The van der Waals surface area contributed by atoms with Crippen LogP contribution in [-0.4, -0.2) is 19.9 Å². The highest BCUT2D eigenvalue weighted by molar-refractivity contribution is 6.06. The molecule has 0 aliphatic carbocycles. The van der Waals surface area contributed by atoms with E-state index in [1.54, 1.807) is 12.7 Å². The van der Waals surface area contributed by atoms with E-state index in [2.05, 4.69) is 85.7 Å². The average Bonchev–Trinajstić information content (AvgIpc) is 2.72. The Morgan fingerprint density at radius 3 is 1.13 bits per heavy atom. The molecule has 0 amide bonds. The monoisotopic (exact) mass is 396 g/mol. The lowest BCUT2D eigenvalue weighted by molar-refractivity contribution is 0.591. The summed E-state index contributed by atoms with van der Waals surface area (Å²) >= 11 is 0. The molecule has 2 aromatic carbocycles. The highest BCUT2D eigenvalue weighted by atomic mass is 14.8. The van der Waals surface area contributed by atoms with Crippen LogP contribution in [0.5, 0.6) is 0 Å². The molecule has 0 bridgehead atoms. The van der Waals surface area contributed by atoms with Gasteiger partial charge in [-0.3, -0.25) is 0 Å². The van der Waals surface area contributed by atoms with Crippen molar-refractivity contribution >= 4 is 10.8 Å². The van der Waals surface area contributed by atoms with Crippen LogP contribution in [0.25, 0.3) is 33.0 Å². The molecule has 0 radical (unpaired) electrons. The van der Waals surface area contributed by atoms with E-state index < -0.39 is 0 Å². The first-order valence-corrected chi connectivity index (χ1v) is 10.3. The molecule has 30 heavy (non-hydrogen) atoms. The summed E-state index contributed by atoms with van der Waals surface area (Å²) in [6, 6.07) is 9.01. The summed E-state index contributed by atoms with van der Waals surface area (Å²) in [6.45, 7) is 13.5. The van der Waals surface area contributed by atoms with Crippen molar-refractivity contribution in [3.8, 4) is 22.3 Å². The van der Waals surface area contributed by atoms with E-state index in [1.165, 1.54) is 33.0 Å². The zero-order valence-corrected chi connectivity index (χ0v) is 18.6. The van der Waals surface area contributed by atoms with E-state index in [-0.39, 0.29) is 10.8 Å². The van der Waals surface area contributed by atoms with Crippen LogP contribution in [0.15, 0.2) is 61.7 Å². The lowest BCUT2D eigenvalue weighted by Crippen LogP contribution is -2.15. The minimum absolute atomic E-state index is 0.0158. The molecule has 0 fully saturated rings. The van der Waals surface area contributed by atoms with Gasteiger partial charge < -0.3 is 0 Å². The third kappa shape index (κ3) is 3.58. The van der Waals surface area contributed by atoms with E-state index in [9.17, 15) is 0 Å². The average molecular weight is 397 g/mol. The second-order valence-corrected chi connectivity index (χ2v) is 9.83. The van der Waals surface area contributed by atoms with Gasteiger partial charge in [-0.25, -0.2) is 19.9 Å². The second kappa shape index (κ2) is 7.28. The largest absolute Gasteiger partial charge is 0.244 e. The molecular formula is C26H28N4. The van der Waals surface area contributed by atoms with E-state index in [4.69, 9.17) is 0 Å².